The van der Waals surface area contributed by atoms with Crippen LogP contribution in [0.2, 0.25) is 0 Å². The number of rotatable bonds is 8. The number of carbonyl (C=O) groups is 2. The maximum Gasteiger partial charge on any atom is 0.252 e. The summed E-state index contributed by atoms with van der Waals surface area (Å²) in [5.41, 5.74) is 3.86. The van der Waals surface area contributed by atoms with Crippen molar-refractivity contribution in [3.8, 4) is 0 Å². The lowest BCUT2D eigenvalue weighted by molar-refractivity contribution is -0.118. The number of amides is 2. The number of pyridine rings is 1. The molecule has 1 aromatic carbocycles. The summed E-state index contributed by atoms with van der Waals surface area (Å²) in [6, 6.07) is 8.63. The summed E-state index contributed by atoms with van der Waals surface area (Å²) < 4.78 is 1.63. The Morgan fingerprint density at radius 3 is 2.58 bits per heavy atom. The summed E-state index contributed by atoms with van der Waals surface area (Å²) in [6.45, 7) is 1.98. The third-order valence-corrected chi connectivity index (χ3v) is 6.10. The number of hydrogen-bond donors (Lipinski definition) is 3. The van der Waals surface area contributed by atoms with Crippen LogP contribution in [0.5, 0.6) is 0 Å². The SMILES string of the molecule is Cc1ccc(C(=O)N[C@@H](CC2CCCC2)C(=O)Nc2cnn(C)c2)cc1Nc1ccncc1. The van der Waals surface area contributed by atoms with Gasteiger partial charge in [0, 0.05) is 42.6 Å². The van der Waals surface area contributed by atoms with Crippen molar-refractivity contribution >= 4 is 28.9 Å². The second-order valence-corrected chi connectivity index (χ2v) is 8.69. The van der Waals surface area contributed by atoms with E-state index in [9.17, 15) is 9.59 Å². The molecule has 0 aliphatic heterocycles. The Bertz CT molecular complexity index is 1110. The molecular weight excluding hydrogens is 416 g/mol. The topological polar surface area (TPSA) is 101 Å². The average molecular weight is 447 g/mol. The molecule has 8 nitrogen and oxygen atoms in total. The van der Waals surface area contributed by atoms with Crippen LogP contribution in [0.15, 0.2) is 55.1 Å². The predicted octanol–water partition coefficient (Wildman–Crippen LogP) is 4.18. The van der Waals surface area contributed by atoms with Crippen molar-refractivity contribution in [3.05, 3.63) is 66.2 Å². The van der Waals surface area contributed by atoms with E-state index in [4.69, 9.17) is 0 Å². The van der Waals surface area contributed by atoms with Crippen LogP contribution < -0.4 is 16.0 Å². The fourth-order valence-electron chi connectivity index (χ4n) is 4.26. The number of nitrogens with zero attached hydrogens (tertiary/aromatic N) is 3. The summed E-state index contributed by atoms with van der Waals surface area (Å²) in [5, 5.41) is 13.3. The summed E-state index contributed by atoms with van der Waals surface area (Å²) in [5.74, 6) is -0.0421. The van der Waals surface area contributed by atoms with Gasteiger partial charge in [0.2, 0.25) is 5.91 Å². The predicted molar refractivity (Wildman–Crippen MR) is 128 cm³/mol. The van der Waals surface area contributed by atoms with Gasteiger partial charge in [0.05, 0.1) is 11.9 Å². The molecule has 2 amide bonds. The molecule has 0 spiro atoms. The molecule has 3 N–H and O–H groups in total. The lowest BCUT2D eigenvalue weighted by Gasteiger charge is -2.21. The Morgan fingerprint density at radius 1 is 1.12 bits per heavy atom. The van der Waals surface area contributed by atoms with Gasteiger partial charge in [-0.1, -0.05) is 31.7 Å². The van der Waals surface area contributed by atoms with Crippen molar-refractivity contribution in [3.63, 3.8) is 0 Å². The molecule has 1 saturated carbocycles. The third-order valence-electron chi connectivity index (χ3n) is 6.10. The van der Waals surface area contributed by atoms with Gasteiger partial charge in [-0.05, 0) is 49.1 Å². The first-order chi connectivity index (χ1) is 16.0. The monoisotopic (exact) mass is 446 g/mol. The first-order valence-electron chi connectivity index (χ1n) is 11.4. The molecule has 1 fully saturated rings. The van der Waals surface area contributed by atoms with Crippen LogP contribution in [0, 0.1) is 12.8 Å². The second-order valence-electron chi connectivity index (χ2n) is 8.69. The normalized spacial score (nSPS) is 14.6. The summed E-state index contributed by atoms with van der Waals surface area (Å²) in [7, 11) is 1.79. The quantitative estimate of drug-likeness (QED) is 0.482. The van der Waals surface area contributed by atoms with Gasteiger partial charge < -0.3 is 16.0 Å². The summed E-state index contributed by atoms with van der Waals surface area (Å²) in [4.78, 5) is 30.2. The lowest BCUT2D eigenvalue weighted by Crippen LogP contribution is -2.44. The summed E-state index contributed by atoms with van der Waals surface area (Å²) >= 11 is 0. The highest BCUT2D eigenvalue weighted by Crippen LogP contribution is 2.29. The summed E-state index contributed by atoms with van der Waals surface area (Å²) in [6.07, 6.45) is 11.9. The molecule has 33 heavy (non-hydrogen) atoms. The zero-order chi connectivity index (χ0) is 23.2. The van der Waals surface area contributed by atoms with Crippen molar-refractivity contribution in [1.82, 2.24) is 20.1 Å². The largest absolute Gasteiger partial charge is 0.355 e. The molecule has 1 aliphatic rings. The van der Waals surface area contributed by atoms with Crippen LogP contribution in [0.25, 0.3) is 0 Å². The highest BCUT2D eigenvalue weighted by molar-refractivity contribution is 6.01. The maximum absolute atomic E-state index is 13.2. The van der Waals surface area contributed by atoms with Crippen molar-refractivity contribution in [2.24, 2.45) is 13.0 Å². The number of nitrogens with one attached hydrogen (secondary N) is 3. The molecule has 2 heterocycles. The van der Waals surface area contributed by atoms with Gasteiger partial charge in [0.1, 0.15) is 6.04 Å². The molecule has 0 saturated heterocycles. The Balaban J connectivity index is 1.49. The Hall–Kier alpha value is -3.68. The number of anilines is 3. The molecule has 0 unspecified atom stereocenters. The van der Waals surface area contributed by atoms with E-state index in [1.165, 1.54) is 12.8 Å². The van der Waals surface area contributed by atoms with E-state index in [1.54, 1.807) is 42.6 Å². The molecule has 0 radical (unpaired) electrons. The minimum Gasteiger partial charge on any atom is -0.355 e. The number of carbonyl (C=O) groups excluding carboxylic acids is 2. The van der Waals surface area contributed by atoms with Gasteiger partial charge in [0.15, 0.2) is 0 Å². The molecule has 2 aromatic heterocycles. The number of hydrogen-bond acceptors (Lipinski definition) is 5. The zero-order valence-corrected chi connectivity index (χ0v) is 19.0. The Kier molecular flexibility index (Phi) is 7.02. The smallest absolute Gasteiger partial charge is 0.252 e. The molecule has 172 valence electrons. The molecule has 1 aliphatic carbocycles. The van der Waals surface area contributed by atoms with E-state index in [-0.39, 0.29) is 11.8 Å². The van der Waals surface area contributed by atoms with Crippen molar-refractivity contribution in [2.75, 3.05) is 10.6 Å². The molecule has 3 aromatic rings. The molecular formula is C25H30N6O2. The zero-order valence-electron chi connectivity index (χ0n) is 19.0. The first kappa shape index (κ1) is 22.5. The minimum absolute atomic E-state index is 0.217. The first-order valence-corrected chi connectivity index (χ1v) is 11.4. The van der Waals surface area contributed by atoms with E-state index in [0.717, 1.165) is 29.8 Å². The second kappa shape index (κ2) is 10.3. The van der Waals surface area contributed by atoms with Crippen LogP contribution in [-0.4, -0.2) is 32.6 Å². The number of benzene rings is 1. The fourth-order valence-corrected chi connectivity index (χ4v) is 4.26. The maximum atomic E-state index is 13.2. The van der Waals surface area contributed by atoms with Gasteiger partial charge in [0.25, 0.3) is 5.91 Å². The molecule has 1 atom stereocenters. The van der Waals surface area contributed by atoms with Crippen LogP contribution in [0.3, 0.4) is 0 Å². The minimum atomic E-state index is -0.612. The fraction of sp³-hybridized carbons (Fsp3) is 0.360. The van der Waals surface area contributed by atoms with Crippen LogP contribution in [-0.2, 0) is 11.8 Å². The van der Waals surface area contributed by atoms with Crippen molar-refractivity contribution in [2.45, 2.75) is 45.1 Å². The van der Waals surface area contributed by atoms with Crippen LogP contribution >= 0.6 is 0 Å². The van der Waals surface area contributed by atoms with Gasteiger partial charge in [-0.25, -0.2) is 0 Å². The van der Waals surface area contributed by atoms with Crippen LogP contribution in [0.4, 0.5) is 17.1 Å². The van der Waals surface area contributed by atoms with Gasteiger partial charge in [-0.3, -0.25) is 19.3 Å². The van der Waals surface area contributed by atoms with Gasteiger partial charge in [-0.15, -0.1) is 0 Å². The van der Waals surface area contributed by atoms with Crippen molar-refractivity contribution < 1.29 is 9.59 Å². The Labute approximate surface area is 193 Å². The average Bonchev–Trinajstić information content (AvgIpc) is 3.47. The van der Waals surface area contributed by atoms with E-state index in [1.807, 2.05) is 31.2 Å². The van der Waals surface area contributed by atoms with E-state index >= 15 is 0 Å². The highest BCUT2D eigenvalue weighted by atomic mass is 16.2. The molecule has 0 bridgehead atoms. The number of aryl methyl sites for hydroxylation is 2. The highest BCUT2D eigenvalue weighted by Gasteiger charge is 2.27. The third kappa shape index (κ3) is 5.97. The lowest BCUT2D eigenvalue weighted by atomic mass is 9.97. The van der Waals surface area contributed by atoms with Gasteiger partial charge >= 0.3 is 0 Å². The standard InChI is InChI=1S/C25H30N6O2/c1-17-7-8-19(14-22(17)28-20-9-11-26-12-10-20)24(32)30-23(13-18-5-3-4-6-18)25(33)29-21-15-27-31(2)16-21/h7-12,14-16,18,23H,3-6,13H2,1-2H3,(H,26,28)(H,29,33)(H,30,32)/t23-/m0/s1. The van der Waals surface area contributed by atoms with Crippen molar-refractivity contribution in [1.29, 1.82) is 0 Å². The molecule has 8 heteroatoms. The van der Waals surface area contributed by atoms with E-state index in [2.05, 4.69) is 26.0 Å². The van der Waals surface area contributed by atoms with Crippen LogP contribution in [0.1, 0.15) is 48.0 Å². The Morgan fingerprint density at radius 2 is 1.88 bits per heavy atom. The molecule has 4 rings (SSSR count). The van der Waals surface area contributed by atoms with E-state index in [0.29, 0.717) is 23.6 Å². The van der Waals surface area contributed by atoms with Gasteiger partial charge in [-0.2, -0.15) is 5.10 Å². The van der Waals surface area contributed by atoms with E-state index < -0.39 is 6.04 Å². The number of aromatic nitrogens is 3.